The molecule has 0 aromatic heterocycles. The highest BCUT2D eigenvalue weighted by Gasteiger charge is 2.13. The molecule has 0 heterocycles. The van der Waals surface area contributed by atoms with Crippen LogP contribution in [0.1, 0.15) is 21.5 Å². The van der Waals surface area contributed by atoms with Crippen molar-refractivity contribution in [1.29, 1.82) is 0 Å². The first-order valence-electron chi connectivity index (χ1n) is 9.47. The maximum Gasteiger partial charge on any atom is 0.258 e. The number of aryl methyl sites for hydroxylation is 2. The number of benzene rings is 3. The van der Waals surface area contributed by atoms with Gasteiger partial charge in [-0.15, -0.1) is 0 Å². The number of rotatable bonds is 6. The molecular weight excluding hydrogens is 362 g/mol. The molecule has 5 heteroatoms. The average molecular weight is 387 g/mol. The Kier molecular flexibility index (Phi) is 6.29. The number of nitrogens with zero attached hydrogens (tertiary/aromatic N) is 1. The van der Waals surface area contributed by atoms with E-state index in [4.69, 9.17) is 0 Å². The third-order valence-electron chi connectivity index (χ3n) is 4.54. The lowest BCUT2D eigenvalue weighted by molar-refractivity contribution is -0.114. The zero-order valence-corrected chi connectivity index (χ0v) is 16.9. The summed E-state index contributed by atoms with van der Waals surface area (Å²) in [6, 6.07) is 22.5. The first-order chi connectivity index (χ1) is 13.9. The maximum absolute atomic E-state index is 12.6. The minimum absolute atomic E-state index is 0.0877. The third kappa shape index (κ3) is 5.45. The molecule has 3 rings (SSSR count). The summed E-state index contributed by atoms with van der Waals surface area (Å²) < 4.78 is 0. The number of hydrogen-bond acceptors (Lipinski definition) is 3. The fourth-order valence-corrected chi connectivity index (χ4v) is 3.13. The Morgan fingerprint density at radius 2 is 1.45 bits per heavy atom. The molecule has 0 aliphatic heterocycles. The van der Waals surface area contributed by atoms with Gasteiger partial charge >= 0.3 is 0 Å². The largest absolute Gasteiger partial charge is 0.376 e. The number of para-hydroxylation sites is 1. The highest BCUT2D eigenvalue weighted by atomic mass is 16.2. The summed E-state index contributed by atoms with van der Waals surface area (Å²) in [6.45, 7) is 4.14. The molecule has 0 unspecified atom stereocenters. The van der Waals surface area contributed by atoms with Crippen molar-refractivity contribution in [3.05, 3.63) is 89.5 Å². The summed E-state index contributed by atoms with van der Waals surface area (Å²) in [5, 5.41) is 5.98. The SMILES string of the molecule is Cc1cc(C)cc(NC(=O)CNc2ccc(C(=O)N(C)c3ccccc3)cc2)c1. The number of anilines is 3. The van der Waals surface area contributed by atoms with E-state index in [9.17, 15) is 9.59 Å². The van der Waals surface area contributed by atoms with Crippen LogP contribution in [-0.2, 0) is 4.79 Å². The molecule has 148 valence electrons. The van der Waals surface area contributed by atoms with E-state index in [0.29, 0.717) is 5.56 Å². The van der Waals surface area contributed by atoms with Gasteiger partial charge in [-0.25, -0.2) is 0 Å². The second kappa shape index (κ2) is 9.06. The lowest BCUT2D eigenvalue weighted by atomic mass is 10.1. The molecule has 0 fully saturated rings. The number of hydrogen-bond donors (Lipinski definition) is 2. The highest BCUT2D eigenvalue weighted by Crippen LogP contribution is 2.17. The maximum atomic E-state index is 12.6. The molecule has 5 nitrogen and oxygen atoms in total. The van der Waals surface area contributed by atoms with E-state index in [0.717, 1.165) is 28.2 Å². The minimum Gasteiger partial charge on any atom is -0.376 e. The van der Waals surface area contributed by atoms with Crippen LogP contribution in [0.2, 0.25) is 0 Å². The van der Waals surface area contributed by atoms with Gasteiger partial charge in [0.05, 0.1) is 6.54 Å². The third-order valence-corrected chi connectivity index (χ3v) is 4.54. The molecule has 0 atom stereocenters. The van der Waals surface area contributed by atoms with Crippen LogP contribution in [0.3, 0.4) is 0 Å². The van der Waals surface area contributed by atoms with E-state index in [1.54, 1.807) is 36.2 Å². The summed E-state index contributed by atoms with van der Waals surface area (Å²) in [4.78, 5) is 26.4. The van der Waals surface area contributed by atoms with Gasteiger partial charge in [0.15, 0.2) is 0 Å². The lowest BCUT2D eigenvalue weighted by Crippen LogP contribution is -2.26. The van der Waals surface area contributed by atoms with Gasteiger partial charge in [0.2, 0.25) is 5.91 Å². The van der Waals surface area contributed by atoms with Crippen molar-refractivity contribution in [1.82, 2.24) is 0 Å². The molecule has 0 saturated heterocycles. The van der Waals surface area contributed by atoms with Crippen molar-refractivity contribution < 1.29 is 9.59 Å². The van der Waals surface area contributed by atoms with Gasteiger partial charge in [-0.05, 0) is 73.5 Å². The molecule has 2 N–H and O–H groups in total. The standard InChI is InChI=1S/C24H25N3O2/c1-17-13-18(2)15-21(14-17)26-23(28)16-25-20-11-9-19(10-12-20)24(29)27(3)22-7-5-4-6-8-22/h4-15,25H,16H2,1-3H3,(H,26,28). The van der Waals surface area contributed by atoms with E-state index >= 15 is 0 Å². The summed E-state index contributed by atoms with van der Waals surface area (Å²) in [5.74, 6) is -0.214. The summed E-state index contributed by atoms with van der Waals surface area (Å²) in [5.41, 5.74) is 5.20. The zero-order valence-electron chi connectivity index (χ0n) is 16.9. The van der Waals surface area contributed by atoms with Gasteiger partial charge in [-0.3, -0.25) is 9.59 Å². The molecule has 3 aromatic carbocycles. The Bertz CT molecular complexity index is 978. The van der Waals surface area contributed by atoms with Gasteiger partial charge < -0.3 is 15.5 Å². The Hall–Kier alpha value is -3.60. The van der Waals surface area contributed by atoms with Gasteiger partial charge in [-0.1, -0.05) is 24.3 Å². The van der Waals surface area contributed by atoms with Crippen LogP contribution in [0, 0.1) is 13.8 Å². The molecule has 0 saturated carbocycles. The fraction of sp³-hybridized carbons (Fsp3) is 0.167. The van der Waals surface area contributed by atoms with Crippen LogP contribution in [0.15, 0.2) is 72.8 Å². The highest BCUT2D eigenvalue weighted by molar-refractivity contribution is 6.05. The molecule has 29 heavy (non-hydrogen) atoms. The van der Waals surface area contributed by atoms with Gasteiger partial charge in [0.1, 0.15) is 0 Å². The van der Waals surface area contributed by atoms with Crippen molar-refractivity contribution in [2.24, 2.45) is 0 Å². The van der Waals surface area contributed by atoms with Crippen molar-refractivity contribution in [2.45, 2.75) is 13.8 Å². The number of amides is 2. The van der Waals surface area contributed by atoms with Crippen LogP contribution in [0.25, 0.3) is 0 Å². The molecule has 0 bridgehead atoms. The smallest absolute Gasteiger partial charge is 0.258 e. The van der Waals surface area contributed by atoms with E-state index in [2.05, 4.69) is 16.7 Å². The Morgan fingerprint density at radius 3 is 2.07 bits per heavy atom. The molecule has 0 spiro atoms. The molecule has 0 aliphatic carbocycles. The van der Waals surface area contributed by atoms with Crippen molar-refractivity contribution in [3.63, 3.8) is 0 Å². The Morgan fingerprint density at radius 1 is 0.828 bits per heavy atom. The molecule has 0 aliphatic rings. The summed E-state index contributed by atoms with van der Waals surface area (Å²) >= 11 is 0. The van der Waals surface area contributed by atoms with Crippen LogP contribution in [-0.4, -0.2) is 25.4 Å². The van der Waals surface area contributed by atoms with Crippen molar-refractivity contribution in [3.8, 4) is 0 Å². The molecular formula is C24H25N3O2. The van der Waals surface area contributed by atoms with E-state index in [-0.39, 0.29) is 18.4 Å². The minimum atomic E-state index is -0.126. The molecule has 0 radical (unpaired) electrons. The Balaban J connectivity index is 1.56. The topological polar surface area (TPSA) is 61.4 Å². The number of carbonyl (C=O) groups is 2. The molecule has 3 aromatic rings. The first kappa shape index (κ1) is 20.1. The van der Waals surface area contributed by atoms with Crippen molar-refractivity contribution in [2.75, 3.05) is 29.1 Å². The second-order valence-electron chi connectivity index (χ2n) is 7.06. The van der Waals surface area contributed by atoms with Gasteiger partial charge in [0.25, 0.3) is 5.91 Å². The first-order valence-corrected chi connectivity index (χ1v) is 9.47. The predicted octanol–water partition coefficient (Wildman–Crippen LogP) is 4.63. The van der Waals surface area contributed by atoms with E-state index in [1.807, 2.05) is 56.3 Å². The zero-order chi connectivity index (χ0) is 20.8. The quantitative estimate of drug-likeness (QED) is 0.648. The normalized spacial score (nSPS) is 10.3. The summed E-state index contributed by atoms with van der Waals surface area (Å²) in [6.07, 6.45) is 0. The number of carbonyl (C=O) groups excluding carboxylic acids is 2. The summed E-state index contributed by atoms with van der Waals surface area (Å²) in [7, 11) is 1.75. The Labute approximate surface area is 171 Å². The lowest BCUT2D eigenvalue weighted by Gasteiger charge is -2.17. The molecule has 2 amide bonds. The van der Waals surface area contributed by atoms with Crippen LogP contribution in [0.4, 0.5) is 17.1 Å². The van der Waals surface area contributed by atoms with Crippen LogP contribution < -0.4 is 15.5 Å². The van der Waals surface area contributed by atoms with E-state index in [1.165, 1.54) is 0 Å². The predicted molar refractivity (Wildman–Crippen MR) is 119 cm³/mol. The number of nitrogens with one attached hydrogen (secondary N) is 2. The van der Waals surface area contributed by atoms with E-state index < -0.39 is 0 Å². The van der Waals surface area contributed by atoms with Crippen LogP contribution >= 0.6 is 0 Å². The van der Waals surface area contributed by atoms with Gasteiger partial charge in [0, 0.05) is 29.7 Å². The second-order valence-corrected chi connectivity index (χ2v) is 7.06. The van der Waals surface area contributed by atoms with Gasteiger partial charge in [-0.2, -0.15) is 0 Å². The van der Waals surface area contributed by atoms with Crippen molar-refractivity contribution >= 4 is 28.9 Å². The average Bonchev–Trinajstić information content (AvgIpc) is 2.71. The monoisotopic (exact) mass is 387 g/mol. The fourth-order valence-electron chi connectivity index (χ4n) is 3.13. The van der Waals surface area contributed by atoms with Crippen LogP contribution in [0.5, 0.6) is 0 Å².